The first kappa shape index (κ1) is 14.0. The van der Waals surface area contributed by atoms with Crippen molar-refractivity contribution in [1.82, 2.24) is 10.2 Å². The second-order valence-corrected chi connectivity index (χ2v) is 4.31. The van der Waals surface area contributed by atoms with Gasteiger partial charge in [0.1, 0.15) is 0 Å². The van der Waals surface area contributed by atoms with E-state index in [1.807, 2.05) is 36.2 Å². The van der Waals surface area contributed by atoms with Crippen molar-refractivity contribution in [3.05, 3.63) is 34.9 Å². The van der Waals surface area contributed by atoms with E-state index in [0.29, 0.717) is 24.7 Å². The van der Waals surface area contributed by atoms with Crippen LogP contribution in [0.5, 0.6) is 0 Å². The van der Waals surface area contributed by atoms with E-state index in [0.717, 1.165) is 5.56 Å². The molecule has 0 bridgehead atoms. The van der Waals surface area contributed by atoms with Gasteiger partial charge in [-0.05, 0) is 24.7 Å². The van der Waals surface area contributed by atoms with Gasteiger partial charge in [0.15, 0.2) is 0 Å². The Labute approximate surface area is 106 Å². The molecule has 4 nitrogen and oxygen atoms in total. The third kappa shape index (κ3) is 5.68. The van der Waals surface area contributed by atoms with Crippen molar-refractivity contribution in [2.24, 2.45) is 0 Å². The van der Waals surface area contributed by atoms with Crippen LogP contribution < -0.4 is 5.32 Å². The zero-order valence-corrected chi connectivity index (χ0v) is 10.6. The second-order valence-electron chi connectivity index (χ2n) is 3.88. The smallest absolute Gasteiger partial charge is 0.234 e. The summed E-state index contributed by atoms with van der Waals surface area (Å²) < 4.78 is 0. The minimum atomic E-state index is -0.0939. The number of halogens is 1. The van der Waals surface area contributed by atoms with E-state index < -0.39 is 0 Å². The van der Waals surface area contributed by atoms with Crippen LogP contribution in [-0.4, -0.2) is 42.7 Å². The Kier molecular flexibility index (Phi) is 5.97. The normalized spacial score (nSPS) is 10.6. The molecule has 1 amide bonds. The summed E-state index contributed by atoms with van der Waals surface area (Å²) in [6.45, 7) is 1.22. The van der Waals surface area contributed by atoms with Crippen molar-refractivity contribution in [3.63, 3.8) is 0 Å². The second kappa shape index (κ2) is 7.27. The largest absolute Gasteiger partial charge is 0.395 e. The van der Waals surface area contributed by atoms with Gasteiger partial charge in [0, 0.05) is 18.1 Å². The molecule has 0 aliphatic rings. The topological polar surface area (TPSA) is 52.6 Å². The Hall–Kier alpha value is -1.10. The zero-order valence-electron chi connectivity index (χ0n) is 9.82. The van der Waals surface area contributed by atoms with Crippen molar-refractivity contribution in [1.29, 1.82) is 0 Å². The first-order valence-corrected chi connectivity index (χ1v) is 5.80. The molecular weight excluding hydrogens is 240 g/mol. The first-order valence-electron chi connectivity index (χ1n) is 5.42. The molecule has 0 atom stereocenters. The molecule has 0 saturated carbocycles. The summed E-state index contributed by atoms with van der Waals surface area (Å²) in [6.07, 6.45) is 0. The highest BCUT2D eigenvalue weighted by Gasteiger charge is 2.06. The van der Waals surface area contributed by atoms with Gasteiger partial charge in [0.25, 0.3) is 0 Å². The molecular formula is C12H17ClN2O2. The molecule has 1 aromatic rings. The van der Waals surface area contributed by atoms with Gasteiger partial charge in [-0.2, -0.15) is 0 Å². The predicted octanol–water partition coefficient (Wildman–Crippen LogP) is 0.880. The number of nitrogens with zero attached hydrogens (tertiary/aromatic N) is 1. The predicted molar refractivity (Wildman–Crippen MR) is 67.9 cm³/mol. The molecule has 2 N–H and O–H groups in total. The van der Waals surface area contributed by atoms with Gasteiger partial charge < -0.3 is 10.4 Å². The van der Waals surface area contributed by atoms with Crippen LogP contribution >= 0.6 is 11.6 Å². The van der Waals surface area contributed by atoms with Crippen LogP contribution in [0.3, 0.4) is 0 Å². The van der Waals surface area contributed by atoms with Crippen LogP contribution in [0.4, 0.5) is 0 Å². The average Bonchev–Trinajstić information content (AvgIpc) is 2.26. The van der Waals surface area contributed by atoms with E-state index in [9.17, 15) is 4.79 Å². The number of nitrogens with one attached hydrogen (secondary N) is 1. The van der Waals surface area contributed by atoms with Crippen molar-refractivity contribution in [2.45, 2.75) is 6.54 Å². The fourth-order valence-corrected chi connectivity index (χ4v) is 1.71. The maximum absolute atomic E-state index is 11.4. The van der Waals surface area contributed by atoms with Gasteiger partial charge in [-0.1, -0.05) is 23.7 Å². The van der Waals surface area contributed by atoms with Crippen molar-refractivity contribution < 1.29 is 9.90 Å². The molecule has 0 aliphatic heterocycles. The zero-order chi connectivity index (χ0) is 12.7. The molecule has 5 heteroatoms. The molecule has 17 heavy (non-hydrogen) atoms. The van der Waals surface area contributed by atoms with Gasteiger partial charge in [-0.15, -0.1) is 0 Å². The van der Waals surface area contributed by atoms with E-state index in [1.54, 1.807) is 0 Å². The minimum absolute atomic E-state index is 0.0379. The van der Waals surface area contributed by atoms with Crippen LogP contribution in [0.25, 0.3) is 0 Å². The van der Waals surface area contributed by atoms with Gasteiger partial charge in [0.05, 0.1) is 13.2 Å². The number of benzene rings is 1. The van der Waals surface area contributed by atoms with E-state index in [2.05, 4.69) is 5.32 Å². The van der Waals surface area contributed by atoms with E-state index in [-0.39, 0.29) is 12.5 Å². The number of likely N-dealkylation sites (N-methyl/N-ethyl adjacent to an activating group) is 1. The highest BCUT2D eigenvalue weighted by atomic mass is 35.5. The Morgan fingerprint density at radius 2 is 2.29 bits per heavy atom. The fraction of sp³-hybridized carbons (Fsp3) is 0.417. The van der Waals surface area contributed by atoms with E-state index >= 15 is 0 Å². The molecule has 1 aromatic carbocycles. The van der Waals surface area contributed by atoms with E-state index in [1.165, 1.54) is 0 Å². The minimum Gasteiger partial charge on any atom is -0.395 e. The van der Waals surface area contributed by atoms with E-state index in [4.69, 9.17) is 16.7 Å². The van der Waals surface area contributed by atoms with Gasteiger partial charge in [0.2, 0.25) is 5.91 Å². The van der Waals surface area contributed by atoms with Crippen LogP contribution in [-0.2, 0) is 11.3 Å². The third-order valence-corrected chi connectivity index (χ3v) is 2.42. The molecule has 0 fully saturated rings. The maximum atomic E-state index is 11.4. The van der Waals surface area contributed by atoms with Gasteiger partial charge in [-0.3, -0.25) is 9.69 Å². The lowest BCUT2D eigenvalue weighted by Crippen LogP contribution is -2.36. The Morgan fingerprint density at radius 1 is 1.53 bits per heavy atom. The van der Waals surface area contributed by atoms with Crippen molar-refractivity contribution in [2.75, 3.05) is 26.7 Å². The lowest BCUT2D eigenvalue weighted by Gasteiger charge is -2.16. The molecule has 1 rings (SSSR count). The molecule has 0 spiro atoms. The fourth-order valence-electron chi connectivity index (χ4n) is 1.50. The van der Waals surface area contributed by atoms with Gasteiger partial charge >= 0.3 is 0 Å². The number of hydrogen-bond donors (Lipinski definition) is 2. The van der Waals surface area contributed by atoms with Crippen LogP contribution in [0, 0.1) is 0 Å². The van der Waals surface area contributed by atoms with Crippen LogP contribution in [0.15, 0.2) is 24.3 Å². The number of carbonyl (C=O) groups excluding carboxylic acids is 1. The number of rotatable bonds is 6. The number of carbonyl (C=O) groups is 1. The molecule has 0 heterocycles. The first-order chi connectivity index (χ1) is 8.11. The molecule has 0 saturated heterocycles. The summed E-state index contributed by atoms with van der Waals surface area (Å²) in [5.41, 5.74) is 1.06. The SMILES string of the molecule is CN(CC(=O)NCCO)Cc1cccc(Cl)c1. The average molecular weight is 257 g/mol. The molecule has 94 valence electrons. The van der Waals surface area contributed by atoms with Gasteiger partial charge in [-0.25, -0.2) is 0 Å². The quantitative estimate of drug-likeness (QED) is 0.795. The summed E-state index contributed by atoms with van der Waals surface area (Å²) in [5.74, 6) is -0.0939. The number of hydrogen-bond acceptors (Lipinski definition) is 3. The lowest BCUT2D eigenvalue weighted by atomic mass is 10.2. The molecule has 0 unspecified atom stereocenters. The Balaban J connectivity index is 2.39. The maximum Gasteiger partial charge on any atom is 0.234 e. The highest BCUT2D eigenvalue weighted by molar-refractivity contribution is 6.30. The lowest BCUT2D eigenvalue weighted by molar-refractivity contribution is -0.122. The standard InChI is InChI=1S/C12H17ClN2O2/c1-15(9-12(17)14-5-6-16)8-10-3-2-4-11(13)7-10/h2-4,7,16H,5-6,8-9H2,1H3,(H,14,17). The third-order valence-electron chi connectivity index (χ3n) is 2.19. The summed E-state index contributed by atoms with van der Waals surface area (Å²) >= 11 is 5.88. The molecule has 0 aliphatic carbocycles. The monoisotopic (exact) mass is 256 g/mol. The summed E-state index contributed by atoms with van der Waals surface area (Å²) in [7, 11) is 1.86. The van der Waals surface area contributed by atoms with Crippen molar-refractivity contribution >= 4 is 17.5 Å². The molecule has 0 aromatic heterocycles. The van der Waals surface area contributed by atoms with Crippen LogP contribution in [0.1, 0.15) is 5.56 Å². The Bertz CT molecular complexity index is 371. The summed E-state index contributed by atoms with van der Waals surface area (Å²) in [6, 6.07) is 7.55. The van der Waals surface area contributed by atoms with Crippen LogP contribution in [0.2, 0.25) is 5.02 Å². The highest BCUT2D eigenvalue weighted by Crippen LogP contribution is 2.11. The Morgan fingerprint density at radius 3 is 2.94 bits per heavy atom. The number of aliphatic hydroxyl groups excluding tert-OH is 1. The summed E-state index contributed by atoms with van der Waals surface area (Å²) in [5, 5.41) is 11.9. The summed E-state index contributed by atoms with van der Waals surface area (Å²) in [4.78, 5) is 13.3. The van der Waals surface area contributed by atoms with Crippen molar-refractivity contribution in [3.8, 4) is 0 Å². The number of aliphatic hydroxyl groups is 1. The molecule has 0 radical (unpaired) electrons. The number of amides is 1.